The average Bonchev–Trinajstić information content (AvgIpc) is 3.33. The number of aryl methyl sites for hydroxylation is 1. The fourth-order valence-corrected chi connectivity index (χ4v) is 9.99. The molecule has 11 heteroatoms. The monoisotopic (exact) mass is 443 g/mol. The number of rotatable bonds is 1. The number of hydrogen-bond donors (Lipinski definition) is 0. The SMILES string of the molecule is CCn1c2c(c3ssc(=O)c31)SC(C#N)=C(C#N)C21SC(C#N)=C(C#N)S1. The van der Waals surface area contributed by atoms with Gasteiger partial charge in [0.1, 0.15) is 42.5 Å². The third kappa shape index (κ3) is 2.28. The summed E-state index contributed by atoms with van der Waals surface area (Å²) in [6, 6.07) is 8.29. The first-order valence-electron chi connectivity index (χ1n) is 7.37. The second kappa shape index (κ2) is 6.49. The van der Waals surface area contributed by atoms with E-state index in [-0.39, 0.29) is 25.0 Å². The first-order chi connectivity index (χ1) is 13.1. The van der Waals surface area contributed by atoms with Gasteiger partial charge in [0.15, 0.2) is 0 Å². The van der Waals surface area contributed by atoms with Crippen molar-refractivity contribution in [3.8, 4) is 24.3 Å². The fourth-order valence-electron chi connectivity index (χ4n) is 3.08. The van der Waals surface area contributed by atoms with E-state index < -0.39 is 4.08 Å². The summed E-state index contributed by atoms with van der Waals surface area (Å²) in [6.07, 6.45) is 0. The largest absolute Gasteiger partial charge is 0.337 e. The molecule has 0 radical (unpaired) electrons. The van der Waals surface area contributed by atoms with E-state index in [1.54, 1.807) is 0 Å². The first-order valence-corrected chi connectivity index (χ1v) is 12.0. The number of allylic oxidation sites excluding steroid dienone is 3. The Morgan fingerprint density at radius 2 is 1.59 bits per heavy atom. The molecule has 0 unspecified atom stereocenters. The summed E-state index contributed by atoms with van der Waals surface area (Å²) in [5.74, 6) is 0. The average molecular weight is 444 g/mol. The van der Waals surface area contributed by atoms with Crippen molar-refractivity contribution in [2.75, 3.05) is 0 Å². The van der Waals surface area contributed by atoms with Crippen LogP contribution in [0.2, 0.25) is 0 Å². The van der Waals surface area contributed by atoms with Crippen LogP contribution in [-0.2, 0) is 10.6 Å². The second-order valence-corrected chi connectivity index (χ2v) is 11.1. The smallest absolute Gasteiger partial charge is 0.267 e. The number of nitriles is 4. The number of nitrogens with zero attached hydrogens (tertiary/aromatic N) is 5. The van der Waals surface area contributed by atoms with Crippen molar-refractivity contribution in [2.24, 2.45) is 0 Å². The van der Waals surface area contributed by atoms with E-state index >= 15 is 0 Å². The van der Waals surface area contributed by atoms with Gasteiger partial charge >= 0.3 is 0 Å². The van der Waals surface area contributed by atoms with Crippen molar-refractivity contribution in [3.63, 3.8) is 0 Å². The number of fused-ring (bicyclic) bond motifs is 4. The summed E-state index contributed by atoms with van der Waals surface area (Å²) < 4.78 is 1.48. The molecule has 2 aliphatic rings. The summed E-state index contributed by atoms with van der Waals surface area (Å²) >= 11 is 3.42. The van der Waals surface area contributed by atoms with E-state index in [2.05, 4.69) is 12.1 Å². The summed E-state index contributed by atoms with van der Waals surface area (Å²) in [5, 5.41) is 38.4. The van der Waals surface area contributed by atoms with Gasteiger partial charge in [-0.15, -0.1) is 0 Å². The molecule has 4 heterocycles. The molecular weight excluding hydrogens is 439 g/mol. The van der Waals surface area contributed by atoms with Gasteiger partial charge < -0.3 is 4.57 Å². The Morgan fingerprint density at radius 3 is 2.11 bits per heavy atom. The molecular formula is C16H5N5OS5. The molecule has 2 aliphatic heterocycles. The van der Waals surface area contributed by atoms with E-state index in [1.807, 2.05) is 23.6 Å². The van der Waals surface area contributed by atoms with E-state index in [0.29, 0.717) is 17.8 Å². The minimum atomic E-state index is -1.11. The zero-order chi connectivity index (χ0) is 19.3. The van der Waals surface area contributed by atoms with Crippen LogP contribution in [0, 0.1) is 45.3 Å². The summed E-state index contributed by atoms with van der Waals surface area (Å²) in [6.45, 7) is 2.40. The molecule has 0 aromatic carbocycles. The maximum atomic E-state index is 12.4. The third-order valence-electron chi connectivity index (χ3n) is 4.07. The van der Waals surface area contributed by atoms with Crippen molar-refractivity contribution in [2.45, 2.75) is 22.4 Å². The van der Waals surface area contributed by atoms with Crippen LogP contribution in [0.4, 0.5) is 0 Å². The van der Waals surface area contributed by atoms with Crippen LogP contribution in [0.1, 0.15) is 12.6 Å². The molecule has 0 saturated carbocycles. The molecule has 4 rings (SSSR count). The standard InChI is InChI=1S/C16H5N5OS5/c1-2-21-11-12(26-27-15(11)22)13-14(21)16(7(3-17)8(4-18)23-13)24-9(5-19)10(6-20)25-16/h2H2,1H3. The van der Waals surface area contributed by atoms with E-state index in [1.165, 1.54) is 22.1 Å². The van der Waals surface area contributed by atoms with E-state index in [9.17, 15) is 25.8 Å². The van der Waals surface area contributed by atoms with Crippen LogP contribution in [0.5, 0.6) is 0 Å². The van der Waals surface area contributed by atoms with Crippen molar-refractivity contribution < 1.29 is 0 Å². The zero-order valence-corrected chi connectivity index (χ0v) is 17.5. The predicted octanol–water partition coefficient (Wildman–Crippen LogP) is 4.44. The summed E-state index contributed by atoms with van der Waals surface area (Å²) in [4.78, 5) is 13.9. The molecule has 130 valence electrons. The molecule has 0 fully saturated rings. The maximum Gasteiger partial charge on any atom is 0.267 e. The molecule has 0 amide bonds. The van der Waals surface area contributed by atoms with Crippen LogP contribution < -0.4 is 4.74 Å². The minimum Gasteiger partial charge on any atom is -0.337 e. The highest BCUT2D eigenvalue weighted by Gasteiger charge is 2.54. The van der Waals surface area contributed by atoms with Gasteiger partial charge in [-0.25, -0.2) is 0 Å². The Labute approximate surface area is 173 Å². The van der Waals surface area contributed by atoms with Crippen molar-refractivity contribution >= 4 is 66.2 Å². The number of aromatic nitrogens is 1. The van der Waals surface area contributed by atoms with Crippen molar-refractivity contribution in [1.82, 2.24) is 4.57 Å². The lowest BCUT2D eigenvalue weighted by Gasteiger charge is -2.33. The Kier molecular flexibility index (Phi) is 4.39. The van der Waals surface area contributed by atoms with Gasteiger partial charge in [0.2, 0.25) is 0 Å². The lowest BCUT2D eigenvalue weighted by atomic mass is 10.1. The van der Waals surface area contributed by atoms with Gasteiger partial charge in [-0.05, 0) is 17.3 Å². The number of hydrogen-bond acceptors (Lipinski definition) is 10. The van der Waals surface area contributed by atoms with Crippen LogP contribution in [0.3, 0.4) is 0 Å². The van der Waals surface area contributed by atoms with Gasteiger partial charge in [-0.2, -0.15) is 21.0 Å². The quantitative estimate of drug-likeness (QED) is 0.594. The molecule has 0 atom stereocenters. The topological polar surface area (TPSA) is 117 Å². The van der Waals surface area contributed by atoms with Gasteiger partial charge in [0, 0.05) is 6.54 Å². The molecule has 1 spiro atoms. The van der Waals surface area contributed by atoms with Gasteiger partial charge in [0.05, 0.1) is 26.9 Å². The zero-order valence-electron chi connectivity index (χ0n) is 13.4. The van der Waals surface area contributed by atoms with Gasteiger partial charge in [-0.1, -0.05) is 45.6 Å². The van der Waals surface area contributed by atoms with Crippen molar-refractivity contribution in [3.05, 3.63) is 35.5 Å². The van der Waals surface area contributed by atoms with E-state index in [0.717, 1.165) is 43.5 Å². The summed E-state index contributed by atoms with van der Waals surface area (Å²) in [5.41, 5.74) is 1.49. The van der Waals surface area contributed by atoms with Crippen LogP contribution in [-0.4, -0.2) is 4.57 Å². The second-order valence-electron chi connectivity index (χ2n) is 5.29. The molecule has 2 aromatic heterocycles. The Bertz CT molecular complexity index is 1280. The van der Waals surface area contributed by atoms with Crippen LogP contribution in [0.15, 0.2) is 30.0 Å². The van der Waals surface area contributed by atoms with Crippen LogP contribution >= 0.6 is 56.0 Å². The Balaban J connectivity index is 2.14. The number of thioether (sulfide) groups is 3. The molecule has 0 N–H and O–H groups in total. The lowest BCUT2D eigenvalue weighted by molar-refractivity contribution is 0.723. The molecule has 0 saturated heterocycles. The molecule has 27 heavy (non-hydrogen) atoms. The third-order valence-corrected chi connectivity index (χ3v) is 10.5. The maximum absolute atomic E-state index is 12.4. The first kappa shape index (κ1) is 18.3. The highest BCUT2D eigenvalue weighted by molar-refractivity contribution is 8.24. The van der Waals surface area contributed by atoms with Crippen molar-refractivity contribution in [1.29, 1.82) is 21.0 Å². The predicted molar refractivity (Wildman–Crippen MR) is 109 cm³/mol. The van der Waals surface area contributed by atoms with Crippen LogP contribution in [0.25, 0.3) is 10.2 Å². The highest BCUT2D eigenvalue weighted by Crippen LogP contribution is 2.68. The Morgan fingerprint density at radius 1 is 0.963 bits per heavy atom. The summed E-state index contributed by atoms with van der Waals surface area (Å²) in [7, 11) is 2.49. The van der Waals surface area contributed by atoms with Gasteiger partial charge in [0.25, 0.3) is 4.74 Å². The molecule has 6 nitrogen and oxygen atoms in total. The normalized spacial score (nSPS) is 17.5. The highest BCUT2D eigenvalue weighted by atomic mass is 32.9. The molecule has 0 bridgehead atoms. The van der Waals surface area contributed by atoms with E-state index in [4.69, 9.17) is 0 Å². The fraction of sp³-hybridized carbons (Fsp3) is 0.188. The van der Waals surface area contributed by atoms with Gasteiger partial charge in [-0.3, -0.25) is 4.79 Å². The molecule has 0 aliphatic carbocycles. The minimum absolute atomic E-state index is 0.0685. The molecule has 2 aromatic rings. The lowest BCUT2D eigenvalue weighted by Crippen LogP contribution is -2.26. The Hall–Kier alpha value is -2.12.